The zero-order valence-corrected chi connectivity index (χ0v) is 17.2. The molecule has 0 radical (unpaired) electrons. The van der Waals surface area contributed by atoms with E-state index in [4.69, 9.17) is 0 Å². The third-order valence-corrected chi connectivity index (χ3v) is 5.10. The molecule has 3 rings (SSSR count). The lowest BCUT2D eigenvalue weighted by molar-refractivity contribution is -0.125. The Morgan fingerprint density at radius 3 is 1.77 bits per heavy atom. The molecule has 1 aliphatic heterocycles. The van der Waals surface area contributed by atoms with Crippen LogP contribution in [0.2, 0.25) is 0 Å². The van der Waals surface area contributed by atoms with Crippen molar-refractivity contribution in [1.29, 1.82) is 0 Å². The Kier molecular flexibility index (Phi) is 6.90. The predicted octanol–water partition coefficient (Wildman–Crippen LogP) is 3.63. The molecule has 0 bridgehead atoms. The zero-order chi connectivity index (χ0) is 21.5. The molecule has 0 saturated carbocycles. The van der Waals surface area contributed by atoms with Gasteiger partial charge in [-0.15, -0.1) is 0 Å². The van der Waals surface area contributed by atoms with Gasteiger partial charge in [0, 0.05) is 43.1 Å². The molecular formula is C22H27N5O3. The number of benzene rings is 2. The number of piperidine rings is 1. The Balaban J connectivity index is 1.47. The molecule has 30 heavy (non-hydrogen) atoms. The van der Waals surface area contributed by atoms with Gasteiger partial charge in [-0.25, -0.2) is 9.59 Å². The Hall–Kier alpha value is -3.55. The standard InChI is InChI=1S/C22H27N5O3/c1-15-3-5-17(6-4-15)24-21(29)25-18-7-9-19(10-8-18)26-22(30)27-13-11-16(12-14-27)20(28)23-2/h3-10,16H,11-14H2,1-2H3,(H,23,28)(H,26,30)(H2,24,25,29). The number of carbonyl (C=O) groups excluding carboxylic acids is 3. The summed E-state index contributed by atoms with van der Waals surface area (Å²) < 4.78 is 0. The van der Waals surface area contributed by atoms with Crippen LogP contribution in [-0.4, -0.2) is 43.0 Å². The molecule has 1 fully saturated rings. The highest BCUT2D eigenvalue weighted by atomic mass is 16.2. The summed E-state index contributed by atoms with van der Waals surface area (Å²) in [7, 11) is 1.63. The highest BCUT2D eigenvalue weighted by Crippen LogP contribution is 2.19. The summed E-state index contributed by atoms with van der Waals surface area (Å²) in [6.45, 7) is 3.07. The van der Waals surface area contributed by atoms with Gasteiger partial charge in [-0.05, 0) is 56.2 Å². The zero-order valence-electron chi connectivity index (χ0n) is 17.2. The lowest BCUT2D eigenvalue weighted by Gasteiger charge is -2.31. The van der Waals surface area contributed by atoms with Gasteiger partial charge in [0.25, 0.3) is 0 Å². The van der Waals surface area contributed by atoms with E-state index in [1.807, 2.05) is 31.2 Å². The SMILES string of the molecule is CNC(=O)C1CCN(C(=O)Nc2ccc(NC(=O)Nc3ccc(C)cc3)cc2)CC1. The summed E-state index contributed by atoms with van der Waals surface area (Å²) in [6.07, 6.45) is 1.32. The molecule has 5 amide bonds. The third-order valence-electron chi connectivity index (χ3n) is 5.10. The van der Waals surface area contributed by atoms with E-state index in [0.29, 0.717) is 43.0 Å². The molecule has 0 unspecified atom stereocenters. The summed E-state index contributed by atoms with van der Waals surface area (Å²) in [5.74, 6) is 0.0000239. The van der Waals surface area contributed by atoms with E-state index in [-0.39, 0.29) is 23.9 Å². The Morgan fingerprint density at radius 1 is 0.800 bits per heavy atom. The molecule has 2 aromatic rings. The number of nitrogens with one attached hydrogen (secondary N) is 4. The van der Waals surface area contributed by atoms with Gasteiger partial charge in [-0.2, -0.15) is 0 Å². The molecule has 0 aliphatic carbocycles. The Bertz CT molecular complexity index is 888. The quantitative estimate of drug-likeness (QED) is 0.620. The molecule has 1 aliphatic rings. The number of rotatable bonds is 4. The van der Waals surface area contributed by atoms with E-state index < -0.39 is 0 Å². The van der Waals surface area contributed by atoms with Crippen LogP contribution in [0.1, 0.15) is 18.4 Å². The van der Waals surface area contributed by atoms with Crippen LogP contribution in [0.15, 0.2) is 48.5 Å². The summed E-state index contributed by atoms with van der Waals surface area (Å²) >= 11 is 0. The number of hydrogen-bond donors (Lipinski definition) is 4. The van der Waals surface area contributed by atoms with Gasteiger partial charge in [0.15, 0.2) is 0 Å². The van der Waals surface area contributed by atoms with Gasteiger partial charge < -0.3 is 26.2 Å². The number of aryl methyl sites for hydroxylation is 1. The first-order chi connectivity index (χ1) is 14.4. The number of anilines is 3. The van der Waals surface area contributed by atoms with Gasteiger partial charge in [-0.3, -0.25) is 4.79 Å². The second kappa shape index (κ2) is 9.78. The molecule has 0 aromatic heterocycles. The van der Waals surface area contributed by atoms with E-state index >= 15 is 0 Å². The maximum atomic E-state index is 12.4. The maximum absolute atomic E-state index is 12.4. The molecule has 8 heteroatoms. The number of urea groups is 2. The summed E-state index contributed by atoms with van der Waals surface area (Å²) in [4.78, 5) is 37.9. The van der Waals surface area contributed by atoms with E-state index in [1.54, 1.807) is 36.2 Å². The number of amides is 5. The molecule has 1 heterocycles. The smallest absolute Gasteiger partial charge is 0.323 e. The molecule has 8 nitrogen and oxygen atoms in total. The van der Waals surface area contributed by atoms with Crippen LogP contribution < -0.4 is 21.3 Å². The van der Waals surface area contributed by atoms with Crippen molar-refractivity contribution in [2.45, 2.75) is 19.8 Å². The van der Waals surface area contributed by atoms with Crippen LogP contribution in [-0.2, 0) is 4.79 Å². The number of hydrogen-bond acceptors (Lipinski definition) is 3. The van der Waals surface area contributed by atoms with Crippen molar-refractivity contribution in [1.82, 2.24) is 10.2 Å². The van der Waals surface area contributed by atoms with Gasteiger partial charge >= 0.3 is 12.1 Å². The van der Waals surface area contributed by atoms with E-state index in [0.717, 1.165) is 5.56 Å². The normalized spacial score (nSPS) is 14.0. The van der Waals surface area contributed by atoms with Crippen LogP contribution in [0.5, 0.6) is 0 Å². The Morgan fingerprint density at radius 2 is 1.27 bits per heavy atom. The number of likely N-dealkylation sites (tertiary alicyclic amines) is 1. The largest absolute Gasteiger partial charge is 0.359 e. The van der Waals surface area contributed by atoms with Crippen LogP contribution in [0, 0.1) is 12.8 Å². The molecular weight excluding hydrogens is 382 g/mol. The minimum atomic E-state index is -0.338. The highest BCUT2D eigenvalue weighted by Gasteiger charge is 2.26. The average Bonchev–Trinajstić information content (AvgIpc) is 2.76. The van der Waals surface area contributed by atoms with Crippen molar-refractivity contribution in [3.05, 3.63) is 54.1 Å². The summed E-state index contributed by atoms with van der Waals surface area (Å²) in [5, 5.41) is 11.0. The summed E-state index contributed by atoms with van der Waals surface area (Å²) in [5.41, 5.74) is 3.08. The minimum Gasteiger partial charge on any atom is -0.359 e. The molecule has 158 valence electrons. The first-order valence-electron chi connectivity index (χ1n) is 9.97. The lowest BCUT2D eigenvalue weighted by Crippen LogP contribution is -2.44. The van der Waals surface area contributed by atoms with Crippen molar-refractivity contribution in [3.8, 4) is 0 Å². The van der Waals surface area contributed by atoms with E-state index in [1.165, 1.54) is 0 Å². The molecule has 0 atom stereocenters. The van der Waals surface area contributed by atoms with Crippen molar-refractivity contribution >= 4 is 35.0 Å². The number of carbonyl (C=O) groups is 3. The van der Waals surface area contributed by atoms with Crippen LogP contribution >= 0.6 is 0 Å². The second-order valence-corrected chi connectivity index (χ2v) is 7.33. The molecule has 0 spiro atoms. The Labute approximate surface area is 176 Å². The predicted molar refractivity (Wildman–Crippen MR) is 118 cm³/mol. The average molecular weight is 409 g/mol. The van der Waals surface area contributed by atoms with Crippen LogP contribution in [0.3, 0.4) is 0 Å². The topological polar surface area (TPSA) is 103 Å². The molecule has 1 saturated heterocycles. The number of nitrogens with zero attached hydrogens (tertiary/aromatic N) is 1. The van der Waals surface area contributed by atoms with Crippen molar-refractivity contribution in [3.63, 3.8) is 0 Å². The van der Waals surface area contributed by atoms with Crippen LogP contribution in [0.4, 0.5) is 26.7 Å². The molecule has 4 N–H and O–H groups in total. The second-order valence-electron chi connectivity index (χ2n) is 7.33. The lowest BCUT2D eigenvalue weighted by atomic mass is 9.96. The van der Waals surface area contributed by atoms with Gasteiger partial charge in [0.1, 0.15) is 0 Å². The fourth-order valence-electron chi connectivity index (χ4n) is 3.32. The first-order valence-corrected chi connectivity index (χ1v) is 9.97. The van der Waals surface area contributed by atoms with Crippen molar-refractivity contribution in [2.75, 3.05) is 36.1 Å². The van der Waals surface area contributed by atoms with Gasteiger partial charge in [0.05, 0.1) is 0 Å². The van der Waals surface area contributed by atoms with Crippen molar-refractivity contribution in [2.24, 2.45) is 5.92 Å². The van der Waals surface area contributed by atoms with E-state index in [2.05, 4.69) is 21.3 Å². The maximum Gasteiger partial charge on any atom is 0.323 e. The summed E-state index contributed by atoms with van der Waals surface area (Å²) in [6, 6.07) is 13.9. The van der Waals surface area contributed by atoms with Crippen molar-refractivity contribution < 1.29 is 14.4 Å². The highest BCUT2D eigenvalue weighted by molar-refractivity contribution is 6.00. The fraction of sp³-hybridized carbons (Fsp3) is 0.318. The first kappa shape index (κ1) is 21.2. The fourth-order valence-corrected chi connectivity index (χ4v) is 3.32. The molecule has 2 aromatic carbocycles. The monoisotopic (exact) mass is 409 g/mol. The third kappa shape index (κ3) is 5.73. The van der Waals surface area contributed by atoms with E-state index in [9.17, 15) is 14.4 Å². The minimum absolute atomic E-state index is 0.0320. The van der Waals surface area contributed by atoms with Gasteiger partial charge in [0.2, 0.25) is 5.91 Å². The van der Waals surface area contributed by atoms with Gasteiger partial charge in [-0.1, -0.05) is 17.7 Å². The van der Waals surface area contributed by atoms with Crippen LogP contribution in [0.25, 0.3) is 0 Å².